The van der Waals surface area contributed by atoms with Gasteiger partial charge in [0, 0.05) is 52.8 Å². The van der Waals surface area contributed by atoms with Crippen LogP contribution in [-0.4, -0.2) is 122 Å². The monoisotopic (exact) mass is 867 g/mol. The fraction of sp³-hybridized carbons (Fsp3) is 0.875. The number of alkyl halides is 2. The largest absolute Gasteiger partial charge is 0.459 e. The lowest BCUT2D eigenvalue weighted by Crippen LogP contribution is -2.50. The van der Waals surface area contributed by atoms with Gasteiger partial charge in [0.05, 0.1) is 48.6 Å². The summed E-state index contributed by atoms with van der Waals surface area (Å²) < 4.78 is 73.4. The van der Waals surface area contributed by atoms with Crippen molar-refractivity contribution in [3.8, 4) is 0 Å². The molecule has 0 aliphatic carbocycles. The number of nitrogens with zero attached hydrogens (tertiary/aromatic N) is 3. The highest BCUT2D eigenvalue weighted by molar-refractivity contribution is 7.98. The molecular weight excluding hydrogens is 796 g/mol. The number of cyclic esters (lactones) is 1. The molecule has 10 atom stereocenters. The van der Waals surface area contributed by atoms with Crippen molar-refractivity contribution in [2.45, 2.75) is 146 Å². The molecule has 1 aromatic heterocycles. The second-order valence-electron chi connectivity index (χ2n) is 18.4. The maximum absolute atomic E-state index is 14.9. The molecular formula is C40H72F2N3O9PSSi. The minimum atomic E-state index is -4.65. The number of carbonyl (C=O) groups excluding carboxylic acids is 2. The van der Waals surface area contributed by atoms with Crippen molar-refractivity contribution in [2.24, 2.45) is 30.2 Å². The van der Waals surface area contributed by atoms with E-state index in [9.17, 15) is 28.0 Å². The molecule has 2 saturated heterocycles. The number of halogens is 2. The van der Waals surface area contributed by atoms with E-state index >= 15 is 0 Å². The van der Waals surface area contributed by atoms with Crippen LogP contribution in [0.4, 0.5) is 8.78 Å². The van der Waals surface area contributed by atoms with Crippen LogP contribution in [0.15, 0.2) is 11.1 Å². The number of aliphatic hydroxyl groups is 1. The van der Waals surface area contributed by atoms with E-state index in [-0.39, 0.29) is 48.1 Å². The summed E-state index contributed by atoms with van der Waals surface area (Å²) in [6.07, 6.45) is 1.86. The molecule has 0 saturated carbocycles. The molecule has 0 amide bonds. The van der Waals surface area contributed by atoms with Gasteiger partial charge in [-0.1, -0.05) is 67.1 Å². The van der Waals surface area contributed by atoms with Crippen LogP contribution in [0, 0.1) is 23.2 Å². The minimum absolute atomic E-state index is 0.0243. The second kappa shape index (κ2) is 20.6. The van der Waals surface area contributed by atoms with Crippen molar-refractivity contribution < 1.29 is 51.3 Å². The number of fused-ring (bicyclic) bond motifs is 1. The molecule has 0 bridgehead atoms. The predicted octanol–water partition coefficient (Wildman–Crippen LogP) is 8.25. The van der Waals surface area contributed by atoms with Gasteiger partial charge in [-0.05, 0) is 50.5 Å². The van der Waals surface area contributed by atoms with Crippen LogP contribution >= 0.6 is 19.4 Å². The van der Waals surface area contributed by atoms with Crippen LogP contribution in [0.2, 0.25) is 25.7 Å². The summed E-state index contributed by atoms with van der Waals surface area (Å²) in [5, 5.41) is 18.2. The van der Waals surface area contributed by atoms with Gasteiger partial charge < -0.3 is 28.4 Å². The van der Waals surface area contributed by atoms with Crippen molar-refractivity contribution in [1.82, 2.24) is 14.7 Å². The smallest absolute Gasteiger partial charge is 0.342 e. The van der Waals surface area contributed by atoms with E-state index in [1.54, 1.807) is 27.0 Å². The highest BCUT2D eigenvalue weighted by Gasteiger charge is 2.63. The van der Waals surface area contributed by atoms with Gasteiger partial charge in [-0.2, -0.15) is 5.10 Å². The normalized spacial score (nSPS) is 31.0. The van der Waals surface area contributed by atoms with E-state index in [0.29, 0.717) is 18.4 Å². The summed E-state index contributed by atoms with van der Waals surface area (Å²) in [6, 6.07) is 2.36. The van der Waals surface area contributed by atoms with Crippen LogP contribution in [-0.2, 0) is 44.5 Å². The Hall–Kier alpha value is -1.23. The average molecular weight is 868 g/mol. The number of thioether (sulfide) groups is 1. The number of ketones is 1. The van der Waals surface area contributed by atoms with E-state index in [0.717, 1.165) is 25.3 Å². The van der Waals surface area contributed by atoms with Crippen molar-refractivity contribution in [1.29, 1.82) is 0 Å². The zero-order chi connectivity index (χ0) is 43.1. The number of carbonyl (C=O) groups is 2. The molecule has 0 radical (unpaired) electrons. The number of methoxy groups -OCH3 is 1. The number of hydrogen-bond acceptors (Lipinski definition) is 12. The third kappa shape index (κ3) is 12.2. The molecule has 1 N–H and O–H groups in total. The van der Waals surface area contributed by atoms with E-state index in [2.05, 4.69) is 50.4 Å². The SMILES string of the molecule is CO[C@H]1CC(=O)O[C@H](C(C)(O)C(c2cc(SC)n(C)n2)P(=O)(OCCF)OCCF)C[C@@H]2N(COCC[Si](C)(C)C)[C@]2(C)CCC[C@H](C)[C@H](C)[C@@H](C)C(=O)C1(C)C. The topological polar surface area (TPSA) is 138 Å². The maximum atomic E-state index is 14.9. The summed E-state index contributed by atoms with van der Waals surface area (Å²) in [4.78, 5) is 30.6. The standard InChI is InChI=1S/C40H72F2N3O9PSSi/c1-27-15-14-16-39(6)31(45(39)26-51-21-22-57(11,12)13)24-33(54-35(46)25-32(50-9)38(4,5)36(47)29(3)28(27)2)40(7,48)37(30-23-34(56-10)44(8)43-30)55(49,52-19-17-41)53-20-18-42/h23,27-29,31-33,37,48H,14-22,24-26H2,1-13H3/t27-,28-,29+,31-,32-,33-,37?,39+,40?,45?/m0/s1. The third-order valence-corrected chi connectivity index (χ3v) is 17.7. The number of hydrogen-bond donors (Lipinski definition) is 1. The molecule has 0 spiro atoms. The van der Waals surface area contributed by atoms with Crippen LogP contribution in [0.25, 0.3) is 0 Å². The van der Waals surface area contributed by atoms with Gasteiger partial charge in [-0.25, -0.2) is 8.78 Å². The number of aryl methyl sites for hydroxylation is 1. The van der Waals surface area contributed by atoms with Gasteiger partial charge >= 0.3 is 13.6 Å². The molecule has 3 rings (SSSR count). The van der Waals surface area contributed by atoms with E-state index in [1.807, 2.05) is 13.2 Å². The molecule has 2 aliphatic heterocycles. The van der Waals surface area contributed by atoms with Crippen molar-refractivity contribution in [2.75, 3.05) is 53.3 Å². The van der Waals surface area contributed by atoms with Crippen LogP contribution < -0.4 is 0 Å². The molecule has 17 heteroatoms. The average Bonchev–Trinajstić information content (AvgIpc) is 3.48. The Morgan fingerprint density at radius 3 is 2.26 bits per heavy atom. The number of aromatic nitrogens is 2. The molecule has 0 aromatic carbocycles. The first-order chi connectivity index (χ1) is 26.4. The van der Waals surface area contributed by atoms with Crippen molar-refractivity contribution in [3.05, 3.63) is 11.8 Å². The quantitative estimate of drug-likeness (QED) is 0.0403. The zero-order valence-corrected chi connectivity index (χ0v) is 39.5. The van der Waals surface area contributed by atoms with Crippen LogP contribution in [0.5, 0.6) is 0 Å². The van der Waals surface area contributed by atoms with Gasteiger partial charge in [0.1, 0.15) is 36.5 Å². The fourth-order valence-corrected chi connectivity index (χ4v) is 12.0. The van der Waals surface area contributed by atoms with E-state index in [4.69, 9.17) is 23.3 Å². The fourth-order valence-electron chi connectivity index (χ4n) is 8.44. The van der Waals surface area contributed by atoms with Gasteiger partial charge in [0.2, 0.25) is 0 Å². The lowest BCUT2D eigenvalue weighted by atomic mass is 9.70. The van der Waals surface area contributed by atoms with E-state index < -0.39 is 82.6 Å². The van der Waals surface area contributed by atoms with Gasteiger partial charge in [-0.15, -0.1) is 11.8 Å². The molecule has 3 heterocycles. The van der Waals surface area contributed by atoms with Gasteiger partial charge in [-0.3, -0.25) is 23.7 Å². The Balaban J connectivity index is 2.22. The molecule has 1 aromatic rings. The maximum Gasteiger partial charge on any atom is 0.342 e. The molecule has 57 heavy (non-hydrogen) atoms. The summed E-state index contributed by atoms with van der Waals surface area (Å²) in [5.74, 6) is -0.754. The van der Waals surface area contributed by atoms with Gasteiger partial charge in [0.25, 0.3) is 0 Å². The Bertz CT molecular complexity index is 1520. The first-order valence-corrected chi connectivity index (χ1v) is 26.9. The number of esters is 1. The summed E-state index contributed by atoms with van der Waals surface area (Å²) in [6.45, 7) is 17.8. The Morgan fingerprint density at radius 1 is 1.12 bits per heavy atom. The van der Waals surface area contributed by atoms with E-state index in [1.165, 1.54) is 30.5 Å². The summed E-state index contributed by atoms with van der Waals surface area (Å²) in [5.41, 5.74) is -5.28. The summed E-state index contributed by atoms with van der Waals surface area (Å²) >= 11 is 1.35. The zero-order valence-electron chi connectivity index (χ0n) is 36.8. The highest BCUT2D eigenvalue weighted by atomic mass is 32.2. The minimum Gasteiger partial charge on any atom is -0.459 e. The number of ether oxygens (including phenoxy) is 3. The summed E-state index contributed by atoms with van der Waals surface area (Å²) in [7, 11) is -2.89. The molecule has 330 valence electrons. The lowest BCUT2D eigenvalue weighted by molar-refractivity contribution is -0.171. The van der Waals surface area contributed by atoms with Gasteiger partial charge in [0.15, 0.2) is 0 Å². The first-order valence-electron chi connectivity index (χ1n) is 20.4. The van der Waals surface area contributed by atoms with Crippen LogP contribution in [0.3, 0.4) is 0 Å². The molecule has 12 nitrogen and oxygen atoms in total. The van der Waals surface area contributed by atoms with Crippen LogP contribution in [0.1, 0.15) is 91.9 Å². The van der Waals surface area contributed by atoms with Crippen molar-refractivity contribution in [3.63, 3.8) is 0 Å². The molecule has 3 unspecified atom stereocenters. The Kier molecular flexibility index (Phi) is 18.1. The Morgan fingerprint density at radius 2 is 1.74 bits per heavy atom. The third-order valence-electron chi connectivity index (χ3n) is 12.7. The highest BCUT2D eigenvalue weighted by Crippen LogP contribution is 2.66. The molecule has 2 fully saturated rings. The Labute approximate surface area is 345 Å². The first kappa shape index (κ1) is 50.1. The number of rotatable bonds is 17. The predicted molar refractivity (Wildman–Crippen MR) is 223 cm³/mol. The van der Waals surface area contributed by atoms with Crippen molar-refractivity contribution >= 4 is 39.2 Å². The number of Topliss-reactive ketones (excluding diaryl/α,β-unsaturated/α-hetero) is 1. The lowest BCUT2D eigenvalue weighted by Gasteiger charge is -2.41. The second-order valence-corrected chi connectivity index (χ2v) is 26.9. The molecule has 2 aliphatic rings.